The van der Waals surface area contributed by atoms with Crippen molar-refractivity contribution in [1.29, 1.82) is 0 Å². The molecule has 1 unspecified atom stereocenters. The van der Waals surface area contributed by atoms with Crippen molar-refractivity contribution in [3.05, 3.63) is 28.0 Å². The third-order valence-corrected chi connectivity index (χ3v) is 4.40. The molecule has 0 aliphatic carbocycles. The largest absolute Gasteiger partial charge is 0.402 e. The molecule has 1 aromatic carbocycles. The Morgan fingerprint density at radius 3 is 2.50 bits per heavy atom. The Hall–Kier alpha value is -0.980. The van der Waals surface area contributed by atoms with Gasteiger partial charge in [-0.05, 0) is 25.1 Å². The molecule has 1 fully saturated rings. The maximum atomic E-state index is 13.4. The fourth-order valence-electron chi connectivity index (χ4n) is 2.50. The van der Waals surface area contributed by atoms with Crippen LogP contribution in [0.1, 0.15) is 12.2 Å². The van der Waals surface area contributed by atoms with Gasteiger partial charge in [-0.2, -0.15) is 13.2 Å². The second kappa shape index (κ2) is 4.51. The number of H-pyrrole nitrogens is 1. The van der Waals surface area contributed by atoms with Crippen molar-refractivity contribution in [2.75, 3.05) is 13.1 Å². The van der Waals surface area contributed by atoms with E-state index < -0.39 is 11.6 Å². The minimum absolute atomic E-state index is 0.0439. The summed E-state index contributed by atoms with van der Waals surface area (Å²) >= 11 is 11.7. The van der Waals surface area contributed by atoms with Crippen molar-refractivity contribution < 1.29 is 13.2 Å². The molecule has 3 nitrogen and oxygen atoms in total. The fraction of sp³-hybridized carbons (Fsp3) is 0.417. The zero-order valence-corrected chi connectivity index (χ0v) is 11.6. The Bertz CT molecular complexity index is 621. The molecule has 1 saturated heterocycles. The molecule has 0 spiro atoms. The third kappa shape index (κ3) is 1.98. The molecule has 1 aliphatic heterocycles. The lowest BCUT2D eigenvalue weighted by molar-refractivity contribution is -0.186. The zero-order chi connectivity index (χ0) is 14.5. The van der Waals surface area contributed by atoms with Gasteiger partial charge in [0.2, 0.25) is 0 Å². The van der Waals surface area contributed by atoms with Gasteiger partial charge < -0.3 is 10.3 Å². The van der Waals surface area contributed by atoms with Crippen LogP contribution in [-0.2, 0) is 5.41 Å². The first-order valence-corrected chi connectivity index (χ1v) is 6.72. The number of nitrogens with one attached hydrogen (secondary N) is 2. The van der Waals surface area contributed by atoms with Gasteiger partial charge in [-0.1, -0.05) is 23.2 Å². The molecule has 1 aliphatic rings. The van der Waals surface area contributed by atoms with E-state index in [0.29, 0.717) is 17.6 Å². The number of imidazole rings is 1. The Morgan fingerprint density at radius 2 is 1.90 bits per heavy atom. The minimum atomic E-state index is -4.38. The van der Waals surface area contributed by atoms with Crippen molar-refractivity contribution in [2.45, 2.75) is 18.0 Å². The van der Waals surface area contributed by atoms with Gasteiger partial charge in [0.15, 0.2) is 0 Å². The monoisotopic (exact) mass is 323 g/mol. The molecule has 2 heterocycles. The second-order valence-corrected chi connectivity index (χ2v) is 5.69. The zero-order valence-electron chi connectivity index (χ0n) is 10.1. The predicted octanol–water partition coefficient (Wildman–Crippen LogP) is 3.66. The number of fused-ring (bicyclic) bond motifs is 1. The molecule has 0 bridgehead atoms. The molecule has 3 rings (SSSR count). The highest BCUT2D eigenvalue weighted by Crippen LogP contribution is 2.44. The average Bonchev–Trinajstić information content (AvgIpc) is 2.95. The van der Waals surface area contributed by atoms with E-state index >= 15 is 0 Å². The van der Waals surface area contributed by atoms with Crippen LogP contribution in [0.3, 0.4) is 0 Å². The van der Waals surface area contributed by atoms with E-state index in [2.05, 4.69) is 15.3 Å². The van der Waals surface area contributed by atoms with Gasteiger partial charge in [-0.15, -0.1) is 0 Å². The van der Waals surface area contributed by atoms with Crippen LogP contribution in [-0.4, -0.2) is 29.2 Å². The van der Waals surface area contributed by atoms with Crippen LogP contribution in [0.4, 0.5) is 13.2 Å². The molecule has 108 valence electrons. The summed E-state index contributed by atoms with van der Waals surface area (Å²) in [6.07, 6.45) is -4.42. The van der Waals surface area contributed by atoms with Crippen LogP contribution < -0.4 is 5.32 Å². The van der Waals surface area contributed by atoms with E-state index in [1.54, 1.807) is 0 Å². The molecule has 0 saturated carbocycles. The summed E-state index contributed by atoms with van der Waals surface area (Å²) in [6, 6.07) is 2.95. The van der Waals surface area contributed by atoms with Gasteiger partial charge in [0, 0.05) is 6.54 Å². The van der Waals surface area contributed by atoms with Crippen molar-refractivity contribution >= 4 is 34.2 Å². The van der Waals surface area contributed by atoms with Crippen molar-refractivity contribution in [3.8, 4) is 0 Å². The van der Waals surface area contributed by atoms with Crippen LogP contribution in [0.25, 0.3) is 11.0 Å². The van der Waals surface area contributed by atoms with Gasteiger partial charge in [0.25, 0.3) is 0 Å². The number of alkyl halides is 3. The number of halogens is 5. The maximum absolute atomic E-state index is 13.4. The van der Waals surface area contributed by atoms with Crippen molar-refractivity contribution in [2.24, 2.45) is 0 Å². The second-order valence-electron chi connectivity index (χ2n) is 4.88. The SMILES string of the molecule is FC(F)(F)C1(c2nc3cc(Cl)c(Cl)cc3[nH]2)CCNC1. The number of hydrogen-bond acceptors (Lipinski definition) is 2. The highest BCUT2D eigenvalue weighted by atomic mass is 35.5. The molecular formula is C12H10Cl2F3N3. The summed E-state index contributed by atoms with van der Waals surface area (Å²) in [5, 5.41) is 3.30. The van der Waals surface area contributed by atoms with E-state index in [4.69, 9.17) is 23.2 Å². The first-order chi connectivity index (χ1) is 9.33. The summed E-state index contributed by atoms with van der Waals surface area (Å²) in [4.78, 5) is 6.82. The molecule has 8 heteroatoms. The molecule has 20 heavy (non-hydrogen) atoms. The number of benzene rings is 1. The van der Waals surface area contributed by atoms with Gasteiger partial charge >= 0.3 is 6.18 Å². The molecule has 0 amide bonds. The van der Waals surface area contributed by atoms with Crippen molar-refractivity contribution in [3.63, 3.8) is 0 Å². The van der Waals surface area contributed by atoms with E-state index in [1.807, 2.05) is 0 Å². The first kappa shape index (κ1) is 14.0. The molecule has 1 atom stereocenters. The molecular weight excluding hydrogens is 314 g/mol. The number of rotatable bonds is 1. The number of aromatic nitrogens is 2. The quantitative estimate of drug-likeness (QED) is 0.840. The number of hydrogen-bond donors (Lipinski definition) is 2. The normalized spacial score (nSPS) is 23.6. The standard InChI is InChI=1S/C12H10Cl2F3N3/c13-6-3-8-9(4-7(6)14)20-10(19-8)11(12(15,16)17)1-2-18-5-11/h3-4,18H,1-2,5H2,(H,19,20). The van der Waals surface area contributed by atoms with E-state index in [-0.39, 0.29) is 28.8 Å². The summed E-state index contributed by atoms with van der Waals surface area (Å²) in [5.41, 5.74) is -1.15. The smallest absolute Gasteiger partial charge is 0.341 e. The van der Waals surface area contributed by atoms with Crippen LogP contribution in [0.5, 0.6) is 0 Å². The Morgan fingerprint density at radius 1 is 1.20 bits per heavy atom. The Balaban J connectivity index is 2.18. The lowest BCUT2D eigenvalue weighted by atomic mass is 9.85. The molecule has 2 N–H and O–H groups in total. The van der Waals surface area contributed by atoms with Crippen LogP contribution in [0.15, 0.2) is 12.1 Å². The van der Waals surface area contributed by atoms with Crippen molar-refractivity contribution in [1.82, 2.24) is 15.3 Å². The maximum Gasteiger partial charge on any atom is 0.402 e. The summed E-state index contributed by atoms with van der Waals surface area (Å²) < 4.78 is 40.3. The topological polar surface area (TPSA) is 40.7 Å². The van der Waals surface area contributed by atoms with E-state index in [1.165, 1.54) is 12.1 Å². The van der Waals surface area contributed by atoms with Gasteiger partial charge in [-0.25, -0.2) is 4.98 Å². The van der Waals surface area contributed by atoms with Crippen LogP contribution in [0.2, 0.25) is 10.0 Å². The fourth-order valence-corrected chi connectivity index (χ4v) is 2.82. The minimum Gasteiger partial charge on any atom is -0.341 e. The Kier molecular flexibility index (Phi) is 3.15. The molecule has 1 aromatic heterocycles. The third-order valence-electron chi connectivity index (χ3n) is 3.68. The van der Waals surface area contributed by atoms with Gasteiger partial charge in [0.05, 0.1) is 21.1 Å². The summed E-state index contributed by atoms with van der Waals surface area (Å²) in [6.45, 7) is 0.121. The average molecular weight is 324 g/mol. The van der Waals surface area contributed by atoms with Gasteiger partial charge in [0.1, 0.15) is 11.2 Å². The lowest BCUT2D eigenvalue weighted by Gasteiger charge is -2.28. The van der Waals surface area contributed by atoms with Crippen LogP contribution in [0, 0.1) is 0 Å². The van der Waals surface area contributed by atoms with Crippen LogP contribution >= 0.6 is 23.2 Å². The molecule has 2 aromatic rings. The predicted molar refractivity (Wildman–Crippen MR) is 71.3 cm³/mol. The highest BCUT2D eigenvalue weighted by molar-refractivity contribution is 6.42. The summed E-state index contributed by atoms with van der Waals surface area (Å²) in [7, 11) is 0. The lowest BCUT2D eigenvalue weighted by Crippen LogP contribution is -2.45. The van der Waals surface area contributed by atoms with Gasteiger partial charge in [-0.3, -0.25) is 0 Å². The number of aromatic amines is 1. The first-order valence-electron chi connectivity index (χ1n) is 5.96. The molecule has 0 radical (unpaired) electrons. The Labute approximate surface area is 122 Å². The van der Waals surface area contributed by atoms with E-state index in [0.717, 1.165) is 0 Å². The highest BCUT2D eigenvalue weighted by Gasteiger charge is 2.59. The number of nitrogens with zero attached hydrogens (tertiary/aromatic N) is 1. The van der Waals surface area contributed by atoms with E-state index in [9.17, 15) is 13.2 Å². The summed E-state index contributed by atoms with van der Waals surface area (Å²) in [5.74, 6) is -0.0941.